The topological polar surface area (TPSA) is 132 Å². The maximum atomic E-state index is 10.5. The molecule has 0 spiro atoms. The number of oxazole rings is 1. The van der Waals surface area contributed by atoms with Gasteiger partial charge < -0.3 is 34.3 Å². The number of imidazole rings is 1. The molecule has 1 aromatic carbocycles. The normalized spacial score (nSPS) is 13.9. The van der Waals surface area contributed by atoms with E-state index in [0.29, 0.717) is 12.4 Å². The predicted molar refractivity (Wildman–Crippen MR) is 171 cm³/mol. The number of aldehydes is 1. The fraction of sp³-hybridized carbons (Fsp3) is 0.533. The third kappa shape index (κ3) is 15.3. The summed E-state index contributed by atoms with van der Waals surface area (Å²) >= 11 is 1.54. The van der Waals surface area contributed by atoms with E-state index in [-0.39, 0.29) is 10.9 Å². The summed E-state index contributed by atoms with van der Waals surface area (Å²) in [6.45, 7) is 17.0. The van der Waals surface area contributed by atoms with Gasteiger partial charge in [-0.05, 0) is 66.2 Å². The maximum absolute atomic E-state index is 10.5. The van der Waals surface area contributed by atoms with E-state index in [4.69, 9.17) is 9.52 Å². The van der Waals surface area contributed by atoms with Crippen LogP contribution in [-0.2, 0) is 21.4 Å². The Bertz CT molecular complexity index is 1220. The molecule has 3 heterocycles. The molecule has 0 saturated heterocycles. The lowest BCUT2D eigenvalue weighted by atomic mass is 10.2. The second-order valence-electron chi connectivity index (χ2n) is 10.5. The number of fused-ring (bicyclic) bond motifs is 1. The van der Waals surface area contributed by atoms with E-state index in [1.165, 1.54) is 11.8 Å². The SMILES string of the molecule is CC.CC(C)(C)O.CC(C)(C)OC=O.CNc1ccc2c(c1)nc(NC)n2C.Cc1ncc(C2=CCC(C=O)S2)o1. The van der Waals surface area contributed by atoms with Gasteiger partial charge >= 0.3 is 0 Å². The predicted octanol–water partition coefficient (Wildman–Crippen LogP) is 6.45. The van der Waals surface area contributed by atoms with E-state index < -0.39 is 5.60 Å². The third-order valence-electron chi connectivity index (χ3n) is 4.62. The van der Waals surface area contributed by atoms with Crippen molar-refractivity contribution >= 4 is 52.1 Å². The highest BCUT2D eigenvalue weighted by Gasteiger charge is 2.20. The summed E-state index contributed by atoms with van der Waals surface area (Å²) in [5.74, 6) is 2.31. The minimum Gasteiger partial charge on any atom is -0.462 e. The highest BCUT2D eigenvalue weighted by atomic mass is 32.2. The zero-order valence-electron chi connectivity index (χ0n) is 26.7. The standard InChI is InChI=1S/C10H14N4.C9H9NO2S.C5H10O2.C4H10O.C2H6/c1-11-7-4-5-9-8(6-7)13-10(12-2)14(9)3;1-6-10-4-8(12-6)9-3-2-7(5-11)13-9;1-5(2,3)7-4-6;1-4(2,3)5;1-2/h4-6,11H,1-3H3,(H,12,13);3-5,7H,2H2,1H3;4H,1-3H3;5H,1-3H3;1-2H3. The number of hydrogen-bond donors (Lipinski definition) is 3. The zero-order chi connectivity index (χ0) is 31.8. The molecule has 3 N–H and O–H groups in total. The molecule has 4 rings (SSSR count). The van der Waals surface area contributed by atoms with E-state index in [2.05, 4.69) is 31.4 Å². The Morgan fingerprint density at radius 3 is 2.12 bits per heavy atom. The number of anilines is 2. The van der Waals surface area contributed by atoms with Gasteiger partial charge in [0.1, 0.15) is 11.9 Å². The Kier molecular flexibility index (Phi) is 16.7. The molecule has 0 bridgehead atoms. The first-order valence-corrected chi connectivity index (χ1v) is 14.4. The number of benzene rings is 1. The molecule has 10 nitrogen and oxygen atoms in total. The van der Waals surface area contributed by atoms with Gasteiger partial charge in [-0.25, -0.2) is 9.97 Å². The van der Waals surface area contributed by atoms with Crippen LogP contribution < -0.4 is 10.6 Å². The van der Waals surface area contributed by atoms with Crippen molar-refractivity contribution in [3.8, 4) is 0 Å². The van der Waals surface area contributed by atoms with E-state index in [1.54, 1.807) is 33.9 Å². The van der Waals surface area contributed by atoms with E-state index >= 15 is 0 Å². The molecular weight excluding hydrogens is 542 g/mol. The van der Waals surface area contributed by atoms with Crippen molar-refractivity contribution in [1.29, 1.82) is 0 Å². The first-order chi connectivity index (χ1) is 19.1. The van der Waals surface area contributed by atoms with Crippen LogP contribution in [0.1, 0.15) is 73.5 Å². The molecule has 0 amide bonds. The number of carbonyl (C=O) groups excluding carboxylic acids is 2. The van der Waals surface area contributed by atoms with Crippen LogP contribution in [0.4, 0.5) is 11.6 Å². The highest BCUT2D eigenvalue weighted by Crippen LogP contribution is 2.38. The van der Waals surface area contributed by atoms with Gasteiger partial charge in [-0.2, -0.15) is 0 Å². The molecule has 3 aromatic rings. The van der Waals surface area contributed by atoms with Gasteiger partial charge in [0, 0.05) is 38.7 Å². The number of hydrogen-bond acceptors (Lipinski definition) is 10. The van der Waals surface area contributed by atoms with Crippen LogP contribution in [-0.4, -0.2) is 62.9 Å². The summed E-state index contributed by atoms with van der Waals surface area (Å²) in [4.78, 5) is 29.6. The highest BCUT2D eigenvalue weighted by molar-refractivity contribution is 8.09. The van der Waals surface area contributed by atoms with E-state index in [9.17, 15) is 9.59 Å². The first-order valence-electron chi connectivity index (χ1n) is 13.5. The third-order valence-corrected chi connectivity index (χ3v) is 5.85. The molecule has 0 fully saturated rings. The smallest absolute Gasteiger partial charge is 0.293 e. The summed E-state index contributed by atoms with van der Waals surface area (Å²) in [5.41, 5.74) is 2.40. The van der Waals surface area contributed by atoms with E-state index in [0.717, 1.165) is 46.0 Å². The summed E-state index contributed by atoms with van der Waals surface area (Å²) in [7, 11) is 5.78. The number of rotatable bonds is 5. The molecule has 1 aliphatic heterocycles. The number of aromatic nitrogens is 3. The van der Waals surface area contributed by atoms with Crippen molar-refractivity contribution < 1.29 is 23.8 Å². The summed E-state index contributed by atoms with van der Waals surface area (Å²) in [6, 6.07) is 6.15. The second-order valence-corrected chi connectivity index (χ2v) is 11.8. The van der Waals surface area contributed by atoms with Gasteiger partial charge in [0.25, 0.3) is 6.47 Å². The van der Waals surface area contributed by atoms with Crippen LogP contribution >= 0.6 is 11.8 Å². The van der Waals surface area contributed by atoms with E-state index in [1.807, 2.05) is 78.5 Å². The number of carbonyl (C=O) groups is 2. The Morgan fingerprint density at radius 2 is 1.73 bits per heavy atom. The number of ether oxygens (including phenoxy) is 1. The van der Waals surface area contributed by atoms with Gasteiger partial charge in [-0.1, -0.05) is 19.9 Å². The second kappa shape index (κ2) is 18.2. The molecule has 0 aliphatic carbocycles. The summed E-state index contributed by atoms with van der Waals surface area (Å²) in [5, 5.41) is 14.7. The number of nitrogens with zero attached hydrogens (tertiary/aromatic N) is 3. The molecular formula is C30H49N5O5S. The first kappa shape index (κ1) is 37.7. The lowest BCUT2D eigenvalue weighted by Gasteiger charge is -2.14. The van der Waals surface area contributed by atoms with Crippen LogP contribution in [0.25, 0.3) is 15.9 Å². The molecule has 11 heteroatoms. The Labute approximate surface area is 249 Å². The van der Waals surface area contributed by atoms with Crippen molar-refractivity contribution in [1.82, 2.24) is 14.5 Å². The van der Waals surface area contributed by atoms with Crippen LogP contribution in [0.15, 0.2) is 34.9 Å². The Morgan fingerprint density at radius 1 is 1.12 bits per heavy atom. The largest absolute Gasteiger partial charge is 0.462 e. The van der Waals surface area contributed by atoms with Crippen molar-refractivity contribution in [2.24, 2.45) is 7.05 Å². The fourth-order valence-corrected chi connectivity index (χ4v) is 3.90. The minimum absolute atomic E-state index is 0.0559. The Balaban J connectivity index is 0.000000548. The van der Waals surface area contributed by atoms with Gasteiger partial charge in [0.15, 0.2) is 11.7 Å². The molecule has 1 unspecified atom stereocenters. The van der Waals surface area contributed by atoms with Gasteiger partial charge in [0.05, 0.1) is 28.1 Å². The number of allylic oxidation sites excluding steroid dienone is 1. The number of aliphatic hydroxyl groups is 1. The molecule has 2 aromatic heterocycles. The summed E-state index contributed by atoms with van der Waals surface area (Å²) < 4.78 is 11.9. The van der Waals surface area contributed by atoms with Crippen molar-refractivity contribution in [3.63, 3.8) is 0 Å². The van der Waals surface area contributed by atoms with Crippen molar-refractivity contribution in [3.05, 3.63) is 42.1 Å². The van der Waals surface area contributed by atoms with Crippen LogP contribution in [0.5, 0.6) is 0 Å². The number of thioether (sulfide) groups is 1. The lowest BCUT2D eigenvalue weighted by molar-refractivity contribution is -0.138. The average molecular weight is 592 g/mol. The van der Waals surface area contributed by atoms with Crippen LogP contribution in [0, 0.1) is 6.92 Å². The quantitative estimate of drug-likeness (QED) is 0.285. The monoisotopic (exact) mass is 591 g/mol. The van der Waals surface area contributed by atoms with Gasteiger partial charge in [-0.3, -0.25) is 4.79 Å². The Hall–Kier alpha value is -3.31. The molecule has 0 saturated carbocycles. The number of aryl methyl sites for hydroxylation is 2. The van der Waals surface area contributed by atoms with Crippen molar-refractivity contribution in [2.45, 2.75) is 85.2 Å². The zero-order valence-corrected chi connectivity index (χ0v) is 27.5. The maximum Gasteiger partial charge on any atom is 0.293 e. The molecule has 230 valence electrons. The van der Waals surface area contributed by atoms with Gasteiger partial charge in [-0.15, -0.1) is 11.8 Å². The van der Waals surface area contributed by atoms with Crippen LogP contribution in [0.2, 0.25) is 0 Å². The van der Waals surface area contributed by atoms with Gasteiger partial charge in [0.2, 0.25) is 5.95 Å². The van der Waals surface area contributed by atoms with Crippen LogP contribution in [0.3, 0.4) is 0 Å². The lowest BCUT2D eigenvalue weighted by Crippen LogP contribution is -2.17. The van der Waals surface area contributed by atoms with Crippen molar-refractivity contribution in [2.75, 3.05) is 24.7 Å². The molecule has 0 radical (unpaired) electrons. The number of nitrogens with one attached hydrogen (secondary N) is 2. The molecule has 1 atom stereocenters. The average Bonchev–Trinajstić information content (AvgIpc) is 3.62. The fourth-order valence-electron chi connectivity index (χ4n) is 2.92. The molecule has 1 aliphatic rings. The summed E-state index contributed by atoms with van der Waals surface area (Å²) in [6.07, 6.45) is 5.48. The molecule has 41 heavy (non-hydrogen) atoms. The minimum atomic E-state index is -0.500.